The topological polar surface area (TPSA) is 66.4 Å². The zero-order valence-corrected chi connectivity index (χ0v) is 11.0. The Morgan fingerprint density at radius 2 is 1.72 bits per heavy atom. The molecule has 2 aliphatic rings. The van der Waals surface area contributed by atoms with Crippen LogP contribution in [0.4, 0.5) is 0 Å². The van der Waals surface area contributed by atoms with Crippen LogP contribution in [0.5, 0.6) is 0 Å². The third-order valence-electron chi connectivity index (χ3n) is 4.13. The van der Waals surface area contributed by atoms with Crippen LogP contribution in [-0.2, 0) is 9.59 Å². The minimum absolute atomic E-state index is 0.108. The summed E-state index contributed by atoms with van der Waals surface area (Å²) < 4.78 is 0. The summed E-state index contributed by atoms with van der Waals surface area (Å²) in [6.07, 6.45) is 7.06. The minimum atomic E-state index is -0.872. The maximum absolute atomic E-state index is 12.3. The average molecular weight is 251 g/mol. The SMILES string of the molecule is CC(C)(NC(=O)[C@@H]1CC=CC[C@@H]1C(=O)O)C1CC1. The molecule has 0 radical (unpaired) electrons. The van der Waals surface area contributed by atoms with Gasteiger partial charge >= 0.3 is 5.97 Å². The van der Waals surface area contributed by atoms with Gasteiger partial charge in [0, 0.05) is 5.54 Å². The third kappa shape index (κ3) is 2.74. The lowest BCUT2D eigenvalue weighted by molar-refractivity contribution is -0.147. The number of nitrogens with one attached hydrogen (secondary N) is 1. The van der Waals surface area contributed by atoms with Crippen molar-refractivity contribution in [1.82, 2.24) is 5.32 Å². The van der Waals surface area contributed by atoms with Crippen molar-refractivity contribution in [2.24, 2.45) is 17.8 Å². The number of carbonyl (C=O) groups is 2. The molecule has 1 amide bonds. The number of carboxylic acids is 1. The highest BCUT2D eigenvalue weighted by atomic mass is 16.4. The predicted molar refractivity (Wildman–Crippen MR) is 67.9 cm³/mol. The first-order valence-electron chi connectivity index (χ1n) is 6.61. The van der Waals surface area contributed by atoms with Gasteiger partial charge in [0.05, 0.1) is 11.8 Å². The van der Waals surface area contributed by atoms with Crippen LogP contribution < -0.4 is 5.32 Å². The summed E-state index contributed by atoms with van der Waals surface area (Å²) >= 11 is 0. The van der Waals surface area contributed by atoms with Crippen molar-refractivity contribution >= 4 is 11.9 Å². The number of amides is 1. The van der Waals surface area contributed by atoms with Gasteiger partial charge in [-0.2, -0.15) is 0 Å². The van der Waals surface area contributed by atoms with E-state index in [-0.39, 0.29) is 11.4 Å². The number of aliphatic carboxylic acids is 1. The van der Waals surface area contributed by atoms with Crippen molar-refractivity contribution in [2.75, 3.05) is 0 Å². The number of hydrogen-bond donors (Lipinski definition) is 2. The lowest BCUT2D eigenvalue weighted by Crippen LogP contribution is -2.50. The molecule has 2 aliphatic carbocycles. The summed E-state index contributed by atoms with van der Waals surface area (Å²) in [4.78, 5) is 23.4. The second kappa shape index (κ2) is 4.75. The lowest BCUT2D eigenvalue weighted by atomic mass is 9.81. The van der Waals surface area contributed by atoms with Gasteiger partial charge in [-0.05, 0) is 45.4 Å². The maximum Gasteiger partial charge on any atom is 0.307 e. The van der Waals surface area contributed by atoms with E-state index in [1.54, 1.807) is 0 Å². The smallest absolute Gasteiger partial charge is 0.307 e. The van der Waals surface area contributed by atoms with E-state index in [2.05, 4.69) is 5.32 Å². The molecule has 0 saturated heterocycles. The first-order chi connectivity index (χ1) is 8.42. The predicted octanol–water partition coefficient (Wildman–Crippen LogP) is 1.96. The van der Waals surface area contributed by atoms with Gasteiger partial charge in [-0.25, -0.2) is 0 Å². The molecule has 18 heavy (non-hydrogen) atoms. The fraction of sp³-hybridized carbons (Fsp3) is 0.714. The Balaban J connectivity index is 2.02. The van der Waals surface area contributed by atoms with E-state index < -0.39 is 17.8 Å². The third-order valence-corrected chi connectivity index (χ3v) is 4.13. The lowest BCUT2D eigenvalue weighted by Gasteiger charge is -2.31. The van der Waals surface area contributed by atoms with Gasteiger partial charge in [0.15, 0.2) is 0 Å². The zero-order chi connectivity index (χ0) is 13.3. The zero-order valence-electron chi connectivity index (χ0n) is 11.0. The Morgan fingerprint density at radius 1 is 1.17 bits per heavy atom. The van der Waals surface area contributed by atoms with E-state index in [1.165, 1.54) is 0 Å². The van der Waals surface area contributed by atoms with Crippen LogP contribution in [0, 0.1) is 17.8 Å². The average Bonchev–Trinajstić information content (AvgIpc) is 3.12. The van der Waals surface area contributed by atoms with E-state index in [0.29, 0.717) is 18.8 Å². The molecule has 0 heterocycles. The van der Waals surface area contributed by atoms with Crippen LogP contribution in [0.3, 0.4) is 0 Å². The van der Waals surface area contributed by atoms with Crippen LogP contribution in [0.2, 0.25) is 0 Å². The van der Waals surface area contributed by atoms with Gasteiger partial charge < -0.3 is 10.4 Å². The van der Waals surface area contributed by atoms with Gasteiger partial charge in [-0.3, -0.25) is 9.59 Å². The van der Waals surface area contributed by atoms with Crippen LogP contribution in [0.15, 0.2) is 12.2 Å². The number of carboxylic acid groups (broad SMARTS) is 1. The Kier molecular flexibility index (Phi) is 3.46. The van der Waals surface area contributed by atoms with Gasteiger partial charge in [0.2, 0.25) is 5.91 Å². The molecule has 2 atom stereocenters. The van der Waals surface area contributed by atoms with E-state index in [9.17, 15) is 9.59 Å². The number of rotatable bonds is 4. The first kappa shape index (κ1) is 13.1. The quantitative estimate of drug-likeness (QED) is 0.751. The molecule has 2 rings (SSSR count). The van der Waals surface area contributed by atoms with Crippen molar-refractivity contribution in [3.63, 3.8) is 0 Å². The molecule has 0 aromatic rings. The van der Waals surface area contributed by atoms with Crippen LogP contribution in [-0.4, -0.2) is 22.5 Å². The molecule has 1 fully saturated rings. The molecule has 0 spiro atoms. The monoisotopic (exact) mass is 251 g/mol. The van der Waals surface area contributed by atoms with Gasteiger partial charge in [0.1, 0.15) is 0 Å². The van der Waals surface area contributed by atoms with Crippen LogP contribution in [0.25, 0.3) is 0 Å². The Labute approximate surface area is 107 Å². The van der Waals surface area contributed by atoms with E-state index >= 15 is 0 Å². The number of carbonyl (C=O) groups excluding carboxylic acids is 1. The summed E-state index contributed by atoms with van der Waals surface area (Å²) in [5, 5.41) is 12.2. The number of allylic oxidation sites excluding steroid dienone is 2. The molecule has 100 valence electrons. The van der Waals surface area contributed by atoms with Crippen LogP contribution in [0.1, 0.15) is 39.5 Å². The first-order valence-corrected chi connectivity index (χ1v) is 6.61. The Morgan fingerprint density at radius 3 is 2.22 bits per heavy atom. The van der Waals surface area contributed by atoms with E-state index in [1.807, 2.05) is 26.0 Å². The molecule has 0 aromatic heterocycles. The maximum atomic E-state index is 12.3. The van der Waals surface area contributed by atoms with Crippen molar-refractivity contribution in [3.8, 4) is 0 Å². The van der Waals surface area contributed by atoms with Crippen molar-refractivity contribution in [2.45, 2.75) is 45.1 Å². The fourth-order valence-electron chi connectivity index (χ4n) is 2.69. The molecular formula is C14H21NO3. The second-order valence-electron chi connectivity index (χ2n) is 5.98. The molecule has 2 N–H and O–H groups in total. The molecular weight excluding hydrogens is 230 g/mol. The van der Waals surface area contributed by atoms with Gasteiger partial charge in [-0.1, -0.05) is 12.2 Å². The van der Waals surface area contributed by atoms with E-state index in [0.717, 1.165) is 12.8 Å². The number of hydrogen-bond acceptors (Lipinski definition) is 2. The highest BCUT2D eigenvalue weighted by Gasteiger charge is 2.41. The summed E-state index contributed by atoms with van der Waals surface area (Å²) in [6, 6.07) is 0. The summed E-state index contributed by atoms with van der Waals surface area (Å²) in [5.41, 5.74) is -0.207. The Bertz CT molecular complexity index is 383. The highest BCUT2D eigenvalue weighted by Crippen LogP contribution is 2.39. The van der Waals surface area contributed by atoms with Crippen LogP contribution >= 0.6 is 0 Å². The molecule has 0 bridgehead atoms. The molecule has 0 aromatic carbocycles. The van der Waals surface area contributed by atoms with Crippen molar-refractivity contribution in [3.05, 3.63) is 12.2 Å². The molecule has 0 aliphatic heterocycles. The van der Waals surface area contributed by atoms with Gasteiger partial charge in [0.25, 0.3) is 0 Å². The van der Waals surface area contributed by atoms with Crippen molar-refractivity contribution in [1.29, 1.82) is 0 Å². The largest absolute Gasteiger partial charge is 0.481 e. The molecule has 4 nitrogen and oxygen atoms in total. The summed E-state index contributed by atoms with van der Waals surface area (Å²) in [5.74, 6) is -1.44. The van der Waals surface area contributed by atoms with E-state index in [4.69, 9.17) is 5.11 Å². The second-order valence-corrected chi connectivity index (χ2v) is 5.98. The summed E-state index contributed by atoms with van der Waals surface area (Å²) in [6.45, 7) is 4.05. The standard InChI is InChI=1S/C14H21NO3/c1-14(2,9-7-8-9)15-12(16)10-5-3-4-6-11(10)13(17)18/h3-4,9-11H,5-8H2,1-2H3,(H,15,16)(H,17,18)/t10-,11+/m1/s1. The van der Waals surface area contributed by atoms with Gasteiger partial charge in [-0.15, -0.1) is 0 Å². The molecule has 4 heteroatoms. The van der Waals surface area contributed by atoms with Crippen molar-refractivity contribution < 1.29 is 14.7 Å². The molecule has 1 saturated carbocycles. The molecule has 0 unspecified atom stereocenters. The normalized spacial score (nSPS) is 27.9. The minimum Gasteiger partial charge on any atom is -0.481 e. The summed E-state index contributed by atoms with van der Waals surface area (Å²) in [7, 11) is 0. The Hall–Kier alpha value is -1.32. The fourth-order valence-corrected chi connectivity index (χ4v) is 2.69. The highest BCUT2D eigenvalue weighted by molar-refractivity contribution is 5.85.